The van der Waals surface area contributed by atoms with E-state index < -0.39 is 24.5 Å². The average molecular weight is 731 g/mol. The van der Waals surface area contributed by atoms with Gasteiger partial charge < -0.3 is 15.1 Å². The maximum Gasteiger partial charge on any atom is 0.242 e. The summed E-state index contributed by atoms with van der Waals surface area (Å²) in [5.74, 6) is 0.197. The molecule has 0 aliphatic rings. The van der Waals surface area contributed by atoms with Gasteiger partial charge in [-0.05, 0) is 53.1 Å². The molecule has 0 heterocycles. The van der Waals surface area contributed by atoms with Crippen LogP contribution in [-0.2, 0) is 18.8 Å². The highest BCUT2D eigenvalue weighted by atomic mass is 32.2. The molecule has 2 amide bonds. The molecule has 0 saturated heterocycles. The summed E-state index contributed by atoms with van der Waals surface area (Å²) in [6, 6.07) is 31.7. The maximum absolute atomic E-state index is 14.4. The van der Waals surface area contributed by atoms with Crippen molar-refractivity contribution in [2.45, 2.75) is 128 Å². The number of likely N-dealkylation sites (N-methyl/N-ethyl adjacent to an activating group) is 1. The minimum Gasteiger partial charge on any atom is -0.413 e. The molecule has 0 saturated carbocycles. The van der Waals surface area contributed by atoms with E-state index in [1.807, 2.05) is 32.5 Å². The van der Waals surface area contributed by atoms with Crippen molar-refractivity contribution in [2.75, 3.05) is 12.8 Å². The molecule has 51 heavy (non-hydrogen) atoms. The van der Waals surface area contributed by atoms with Crippen molar-refractivity contribution in [1.82, 2.24) is 10.6 Å². The first-order chi connectivity index (χ1) is 24.1. The third-order valence-corrected chi connectivity index (χ3v) is 16.7. The summed E-state index contributed by atoms with van der Waals surface area (Å²) in [5.41, 5.74) is 3.20. The second-order valence-electron chi connectivity index (χ2n) is 16.6. The second kappa shape index (κ2) is 19.3. The Labute approximate surface area is 315 Å². The van der Waals surface area contributed by atoms with Gasteiger partial charge in [-0.1, -0.05) is 172 Å². The molecule has 0 bridgehead atoms. The number of rotatable bonds is 19. The lowest BCUT2D eigenvalue weighted by atomic mass is 9.84. The van der Waals surface area contributed by atoms with E-state index in [4.69, 9.17) is 4.43 Å². The first-order valence-electron chi connectivity index (χ1n) is 19.1. The molecular weight excluding hydrogens is 665 g/mol. The molecule has 3 aromatic carbocycles. The highest BCUT2D eigenvalue weighted by molar-refractivity contribution is 8.00. The van der Waals surface area contributed by atoms with E-state index in [1.54, 1.807) is 7.05 Å². The zero-order chi connectivity index (χ0) is 37.7. The first-order valence-corrected chi connectivity index (χ1v) is 23.0. The van der Waals surface area contributed by atoms with E-state index in [9.17, 15) is 9.59 Å². The molecule has 0 aliphatic carbocycles. The fraction of sp³-hybridized carbons (Fsp3) is 0.545. The smallest absolute Gasteiger partial charge is 0.242 e. The predicted octanol–water partition coefficient (Wildman–Crippen LogP) is 10.7. The van der Waals surface area contributed by atoms with Crippen LogP contribution in [0.5, 0.6) is 0 Å². The molecular formula is C44H66N2O3SSi. The van der Waals surface area contributed by atoms with Crippen molar-refractivity contribution in [2.24, 2.45) is 11.3 Å². The average Bonchev–Trinajstić information content (AvgIpc) is 3.10. The first kappa shape index (κ1) is 42.5. The number of carbonyl (C=O) groups excluding carboxylic acids is 2. The van der Waals surface area contributed by atoms with Crippen LogP contribution in [0.15, 0.2) is 91.0 Å². The van der Waals surface area contributed by atoms with Crippen molar-refractivity contribution in [1.29, 1.82) is 0 Å². The van der Waals surface area contributed by atoms with Crippen LogP contribution in [0.4, 0.5) is 0 Å². The number of hydrogen-bond acceptors (Lipinski definition) is 4. The summed E-state index contributed by atoms with van der Waals surface area (Å²) in [6.07, 6.45) is 6.80. The van der Waals surface area contributed by atoms with Gasteiger partial charge in [-0.2, -0.15) is 0 Å². The fourth-order valence-corrected chi connectivity index (χ4v) is 9.51. The molecule has 0 unspecified atom stereocenters. The molecule has 3 atom stereocenters. The minimum absolute atomic E-state index is 0.000250. The SMILES string of the molecule is CCCCCCC[C@H](C[C@@H](CSC(c1ccccc1)(c1ccccc1)c1ccccc1)O[Si](C)(C)C(C)(C)C)C(=O)N[C@H](C(=O)NC)C(C)(C)C. The van der Waals surface area contributed by atoms with Crippen molar-refractivity contribution in [3.05, 3.63) is 108 Å². The van der Waals surface area contributed by atoms with Crippen LogP contribution in [0.1, 0.15) is 110 Å². The van der Waals surface area contributed by atoms with E-state index in [-0.39, 0.29) is 28.9 Å². The third kappa shape index (κ3) is 11.8. The molecule has 7 heteroatoms. The van der Waals surface area contributed by atoms with E-state index in [0.29, 0.717) is 12.2 Å². The normalized spacial score (nSPS) is 14.4. The van der Waals surface area contributed by atoms with Crippen molar-refractivity contribution in [3.8, 4) is 0 Å². The van der Waals surface area contributed by atoms with Gasteiger partial charge in [0.15, 0.2) is 8.32 Å². The monoisotopic (exact) mass is 730 g/mol. The molecule has 3 aromatic rings. The third-order valence-electron chi connectivity index (χ3n) is 10.5. The van der Waals surface area contributed by atoms with Crippen LogP contribution < -0.4 is 10.6 Å². The highest BCUT2D eigenvalue weighted by Crippen LogP contribution is 2.49. The van der Waals surface area contributed by atoms with Gasteiger partial charge in [0.2, 0.25) is 11.8 Å². The molecule has 2 N–H and O–H groups in total. The zero-order valence-electron chi connectivity index (χ0n) is 33.2. The number of benzene rings is 3. The molecule has 0 radical (unpaired) electrons. The molecule has 0 fully saturated rings. The fourth-order valence-electron chi connectivity index (χ4n) is 6.48. The van der Waals surface area contributed by atoms with E-state index in [0.717, 1.165) is 19.3 Å². The lowest BCUT2D eigenvalue weighted by Crippen LogP contribution is -2.54. The Balaban J connectivity index is 2.10. The standard InChI is InChI=1S/C44H66N2O3SSi/c1-11-12-13-14-18-25-34(40(47)46-39(41(48)45-8)42(2,3)4)32-38(49-51(9,10)43(5,6)7)33-50-44(35-26-19-15-20-27-35,36-28-21-16-22-29-36)37-30-23-17-24-31-37/h15-17,19-24,26-31,34,38-39H,11-14,18,25,32-33H2,1-10H3,(H,45,48)(H,46,47)/t34-,38+,39-/m1/s1. The lowest BCUT2D eigenvalue weighted by Gasteiger charge is -2.42. The van der Waals surface area contributed by atoms with Gasteiger partial charge in [0.1, 0.15) is 6.04 Å². The van der Waals surface area contributed by atoms with E-state index in [2.05, 4.69) is 142 Å². The Morgan fingerprint density at radius 3 is 1.61 bits per heavy atom. The molecule has 0 aliphatic heterocycles. The van der Waals surface area contributed by atoms with Crippen molar-refractivity contribution < 1.29 is 14.0 Å². The summed E-state index contributed by atoms with van der Waals surface area (Å²) in [6.45, 7) is 19.7. The number of hydrogen-bond donors (Lipinski definition) is 2. The number of carbonyl (C=O) groups is 2. The quantitative estimate of drug-likeness (QED) is 0.0732. The van der Waals surface area contributed by atoms with Crippen LogP contribution in [0.25, 0.3) is 0 Å². The van der Waals surface area contributed by atoms with E-state index >= 15 is 0 Å². The number of amides is 2. The van der Waals surface area contributed by atoms with Crippen LogP contribution in [0, 0.1) is 11.3 Å². The highest BCUT2D eigenvalue weighted by Gasteiger charge is 2.43. The lowest BCUT2D eigenvalue weighted by molar-refractivity contribution is -0.134. The number of nitrogens with one attached hydrogen (secondary N) is 2. The van der Waals surface area contributed by atoms with Crippen LogP contribution in [0.3, 0.4) is 0 Å². The van der Waals surface area contributed by atoms with Crippen molar-refractivity contribution >= 4 is 31.9 Å². The van der Waals surface area contributed by atoms with E-state index in [1.165, 1.54) is 36.0 Å². The summed E-state index contributed by atoms with van der Waals surface area (Å²) in [5, 5.41) is 5.98. The van der Waals surface area contributed by atoms with Gasteiger partial charge in [-0.15, -0.1) is 11.8 Å². The summed E-state index contributed by atoms with van der Waals surface area (Å²) >= 11 is 1.90. The Hall–Kier alpha value is -2.87. The molecule has 5 nitrogen and oxygen atoms in total. The Morgan fingerprint density at radius 2 is 1.20 bits per heavy atom. The Bertz CT molecular complexity index is 1370. The predicted molar refractivity (Wildman–Crippen MR) is 221 cm³/mol. The minimum atomic E-state index is -2.25. The zero-order valence-corrected chi connectivity index (χ0v) is 35.0. The number of unbranched alkanes of at least 4 members (excludes halogenated alkanes) is 4. The molecule has 3 rings (SSSR count). The molecule has 280 valence electrons. The molecule has 0 aromatic heterocycles. The van der Waals surface area contributed by atoms with Gasteiger partial charge in [-0.3, -0.25) is 9.59 Å². The summed E-state index contributed by atoms with van der Waals surface area (Å²) in [7, 11) is -0.611. The summed E-state index contributed by atoms with van der Waals surface area (Å²) in [4.78, 5) is 27.4. The second-order valence-corrected chi connectivity index (χ2v) is 22.6. The van der Waals surface area contributed by atoms with Gasteiger partial charge in [0, 0.05) is 18.7 Å². The topological polar surface area (TPSA) is 67.4 Å². The van der Waals surface area contributed by atoms with Crippen LogP contribution in [0.2, 0.25) is 18.1 Å². The maximum atomic E-state index is 14.4. The largest absolute Gasteiger partial charge is 0.413 e. The molecule has 0 spiro atoms. The van der Waals surface area contributed by atoms with Crippen LogP contribution in [-0.4, -0.2) is 45.1 Å². The van der Waals surface area contributed by atoms with Gasteiger partial charge in [-0.25, -0.2) is 0 Å². The van der Waals surface area contributed by atoms with Gasteiger partial charge in [0.25, 0.3) is 0 Å². The van der Waals surface area contributed by atoms with Gasteiger partial charge >= 0.3 is 0 Å². The van der Waals surface area contributed by atoms with Gasteiger partial charge in [0.05, 0.1) is 10.9 Å². The Morgan fingerprint density at radius 1 is 0.725 bits per heavy atom. The Kier molecular flexibility index (Phi) is 16.1. The van der Waals surface area contributed by atoms with Crippen LogP contribution >= 0.6 is 11.8 Å². The number of thioether (sulfide) groups is 1. The summed E-state index contributed by atoms with van der Waals surface area (Å²) < 4.78 is 6.84. The van der Waals surface area contributed by atoms with Crippen molar-refractivity contribution in [3.63, 3.8) is 0 Å².